The molecule has 0 spiro atoms. The summed E-state index contributed by atoms with van der Waals surface area (Å²) in [6, 6.07) is 3.81. The van der Waals surface area contributed by atoms with E-state index in [1.54, 1.807) is 28.5 Å². The summed E-state index contributed by atoms with van der Waals surface area (Å²) in [5.41, 5.74) is 0.629. The van der Waals surface area contributed by atoms with Crippen molar-refractivity contribution in [1.82, 2.24) is 9.88 Å². The van der Waals surface area contributed by atoms with E-state index in [0.29, 0.717) is 11.6 Å². The minimum Gasteiger partial charge on any atom is -0.444 e. The van der Waals surface area contributed by atoms with E-state index in [2.05, 4.69) is 17.1 Å². The van der Waals surface area contributed by atoms with Crippen molar-refractivity contribution >= 4 is 44.8 Å². The molecular formula is C17H19ClN2O2S. The number of rotatable bonds is 1. The summed E-state index contributed by atoms with van der Waals surface area (Å²) in [6.07, 6.45) is 3.51. The molecule has 1 aliphatic heterocycles. The quantitative estimate of drug-likeness (QED) is 0.729. The highest BCUT2D eigenvalue weighted by Gasteiger charge is 2.32. The Bertz CT molecular complexity index is 791. The summed E-state index contributed by atoms with van der Waals surface area (Å²) in [5, 5.41) is 1.66. The molecule has 0 radical (unpaired) electrons. The molecule has 0 bridgehead atoms. The summed E-state index contributed by atoms with van der Waals surface area (Å²) in [6.45, 7) is 8.20. The molecule has 1 amide bonds. The lowest BCUT2D eigenvalue weighted by Gasteiger charge is -2.28. The van der Waals surface area contributed by atoms with Crippen LogP contribution in [0.4, 0.5) is 4.79 Å². The van der Waals surface area contributed by atoms with Crippen molar-refractivity contribution < 1.29 is 9.53 Å². The molecular weight excluding hydrogens is 332 g/mol. The fraction of sp³-hybridized carbons (Fsp3) is 0.412. The minimum atomic E-state index is -0.491. The lowest BCUT2D eigenvalue weighted by atomic mass is 10.1. The van der Waals surface area contributed by atoms with Crippen LogP contribution in [0.2, 0.25) is 5.02 Å². The number of hydrogen-bond donors (Lipinski definition) is 0. The number of fused-ring (bicyclic) bond motifs is 1. The highest BCUT2D eigenvalue weighted by molar-refractivity contribution is 7.19. The molecule has 2 aromatic heterocycles. The molecule has 0 aliphatic carbocycles. The molecule has 23 heavy (non-hydrogen) atoms. The number of carbonyl (C=O) groups is 1. The first-order valence-electron chi connectivity index (χ1n) is 7.50. The van der Waals surface area contributed by atoms with Crippen molar-refractivity contribution in [2.75, 3.05) is 6.54 Å². The topological polar surface area (TPSA) is 42.4 Å². The van der Waals surface area contributed by atoms with Crippen LogP contribution in [0, 0.1) is 0 Å². The van der Waals surface area contributed by atoms with Crippen LogP contribution in [-0.4, -0.2) is 34.2 Å². The molecule has 0 fully saturated rings. The maximum absolute atomic E-state index is 12.3. The first-order chi connectivity index (χ1) is 10.8. The summed E-state index contributed by atoms with van der Waals surface area (Å²) >= 11 is 7.82. The third-order valence-corrected chi connectivity index (χ3v) is 5.14. The lowest BCUT2D eigenvalue weighted by Crippen LogP contribution is -2.39. The van der Waals surface area contributed by atoms with Crippen molar-refractivity contribution in [3.8, 4) is 0 Å². The van der Waals surface area contributed by atoms with E-state index in [-0.39, 0.29) is 12.1 Å². The molecule has 0 saturated carbocycles. The predicted molar refractivity (Wildman–Crippen MR) is 95.0 cm³/mol. The van der Waals surface area contributed by atoms with Gasteiger partial charge in [-0.1, -0.05) is 17.7 Å². The van der Waals surface area contributed by atoms with Gasteiger partial charge in [0.1, 0.15) is 10.4 Å². The van der Waals surface area contributed by atoms with Gasteiger partial charge in [0.2, 0.25) is 0 Å². The van der Waals surface area contributed by atoms with Gasteiger partial charge in [0, 0.05) is 23.0 Å². The van der Waals surface area contributed by atoms with Crippen molar-refractivity contribution in [2.24, 2.45) is 0 Å². The molecule has 122 valence electrons. The summed E-state index contributed by atoms with van der Waals surface area (Å²) < 4.78 is 5.48. The Hall–Kier alpha value is -1.59. The largest absolute Gasteiger partial charge is 0.444 e. The van der Waals surface area contributed by atoms with Gasteiger partial charge < -0.3 is 4.74 Å². The number of pyridine rings is 1. The lowest BCUT2D eigenvalue weighted by molar-refractivity contribution is 0.0257. The van der Waals surface area contributed by atoms with Gasteiger partial charge in [0.25, 0.3) is 0 Å². The zero-order valence-corrected chi connectivity index (χ0v) is 15.2. The van der Waals surface area contributed by atoms with Gasteiger partial charge in [-0.2, -0.15) is 0 Å². The van der Waals surface area contributed by atoms with Gasteiger partial charge in [-0.3, -0.25) is 4.90 Å². The van der Waals surface area contributed by atoms with Gasteiger partial charge in [-0.15, -0.1) is 11.3 Å². The van der Waals surface area contributed by atoms with E-state index in [4.69, 9.17) is 16.3 Å². The van der Waals surface area contributed by atoms with Gasteiger partial charge in [-0.25, -0.2) is 9.78 Å². The Labute approximate surface area is 144 Å². The van der Waals surface area contributed by atoms with Crippen molar-refractivity contribution in [1.29, 1.82) is 0 Å². The first kappa shape index (κ1) is 16.3. The number of hydrogen-bond acceptors (Lipinski definition) is 4. The summed E-state index contributed by atoms with van der Waals surface area (Å²) in [4.78, 5) is 20.4. The number of carbonyl (C=O) groups excluding carboxylic acids is 1. The van der Waals surface area contributed by atoms with Gasteiger partial charge >= 0.3 is 6.09 Å². The van der Waals surface area contributed by atoms with Gasteiger partial charge in [0.05, 0.1) is 11.1 Å². The maximum Gasteiger partial charge on any atom is 0.411 e. The number of ether oxygens (including phenoxy) is 1. The van der Waals surface area contributed by atoms with Crippen LogP contribution >= 0.6 is 22.9 Å². The van der Waals surface area contributed by atoms with Crippen LogP contribution in [0.3, 0.4) is 0 Å². The first-order valence-corrected chi connectivity index (χ1v) is 8.70. The molecule has 1 atom stereocenters. The zero-order chi connectivity index (χ0) is 16.8. The SMILES string of the molecule is CC1C(c2cc3c(Cl)ccnc3s2)=CCN1C(=O)OC(C)(C)C. The molecule has 0 saturated heterocycles. The second-order valence-electron chi connectivity index (χ2n) is 6.59. The fourth-order valence-electron chi connectivity index (χ4n) is 2.60. The van der Waals surface area contributed by atoms with Crippen LogP contribution in [-0.2, 0) is 4.74 Å². The van der Waals surface area contributed by atoms with Gasteiger partial charge in [0.15, 0.2) is 0 Å². The van der Waals surface area contributed by atoms with Crippen LogP contribution in [0.5, 0.6) is 0 Å². The fourth-order valence-corrected chi connectivity index (χ4v) is 4.01. The second-order valence-corrected chi connectivity index (χ2v) is 8.03. The number of nitrogens with zero attached hydrogens (tertiary/aromatic N) is 2. The van der Waals surface area contributed by atoms with E-state index >= 15 is 0 Å². The average Bonchev–Trinajstić information content (AvgIpc) is 3.00. The average molecular weight is 351 g/mol. The van der Waals surface area contributed by atoms with E-state index in [0.717, 1.165) is 20.7 Å². The molecule has 1 aliphatic rings. The molecule has 0 aromatic carbocycles. The molecule has 0 N–H and O–H groups in total. The Morgan fingerprint density at radius 1 is 1.48 bits per heavy atom. The van der Waals surface area contributed by atoms with Crippen LogP contribution in [0.25, 0.3) is 15.8 Å². The maximum atomic E-state index is 12.3. The summed E-state index contributed by atoms with van der Waals surface area (Å²) in [7, 11) is 0. The molecule has 4 nitrogen and oxygen atoms in total. The molecule has 1 unspecified atom stereocenters. The third kappa shape index (κ3) is 3.21. The third-order valence-electron chi connectivity index (χ3n) is 3.72. The highest BCUT2D eigenvalue weighted by atomic mass is 35.5. The number of aromatic nitrogens is 1. The highest BCUT2D eigenvalue weighted by Crippen LogP contribution is 2.37. The van der Waals surface area contributed by atoms with Crippen LogP contribution < -0.4 is 0 Å². The predicted octanol–water partition coefficient (Wildman–Crippen LogP) is 4.97. The molecule has 3 rings (SSSR count). The Morgan fingerprint density at radius 3 is 2.87 bits per heavy atom. The molecule has 3 heterocycles. The van der Waals surface area contributed by atoms with E-state index < -0.39 is 5.60 Å². The number of halogens is 1. The van der Waals surface area contributed by atoms with E-state index in [1.807, 2.05) is 27.7 Å². The van der Waals surface area contributed by atoms with Crippen molar-refractivity contribution in [3.63, 3.8) is 0 Å². The Balaban J connectivity index is 1.84. The van der Waals surface area contributed by atoms with Gasteiger partial charge in [-0.05, 0) is 45.4 Å². The molecule has 2 aromatic rings. The van der Waals surface area contributed by atoms with E-state index in [1.165, 1.54) is 0 Å². The standard InChI is InChI=1S/C17H19ClN2O2S/c1-10-11(6-8-20(10)16(21)22-17(2,3)4)14-9-12-13(18)5-7-19-15(12)23-14/h5-7,9-10H,8H2,1-4H3. The van der Waals surface area contributed by atoms with Crippen LogP contribution in [0.15, 0.2) is 24.4 Å². The van der Waals surface area contributed by atoms with Crippen LogP contribution in [0.1, 0.15) is 32.6 Å². The normalized spacial score (nSPS) is 18.4. The number of thiophene rings is 1. The second kappa shape index (κ2) is 5.80. The Kier molecular flexibility index (Phi) is 4.10. The van der Waals surface area contributed by atoms with E-state index in [9.17, 15) is 4.79 Å². The monoisotopic (exact) mass is 350 g/mol. The molecule has 6 heteroatoms. The zero-order valence-electron chi connectivity index (χ0n) is 13.6. The van der Waals surface area contributed by atoms with Crippen molar-refractivity contribution in [2.45, 2.75) is 39.3 Å². The van der Waals surface area contributed by atoms with Crippen molar-refractivity contribution in [3.05, 3.63) is 34.3 Å². The summed E-state index contributed by atoms with van der Waals surface area (Å²) in [5.74, 6) is 0. The Morgan fingerprint density at radius 2 is 2.22 bits per heavy atom. The number of amides is 1. The smallest absolute Gasteiger partial charge is 0.411 e. The minimum absolute atomic E-state index is 0.0308.